The second kappa shape index (κ2) is 8.33. The van der Waals surface area contributed by atoms with Crippen LogP contribution in [0, 0.1) is 11.3 Å². The van der Waals surface area contributed by atoms with Crippen molar-refractivity contribution in [1.29, 1.82) is 5.26 Å². The molecular weight excluding hydrogens is 390 g/mol. The molecule has 6 heteroatoms. The van der Waals surface area contributed by atoms with E-state index in [4.69, 9.17) is 5.73 Å². The van der Waals surface area contributed by atoms with Crippen molar-refractivity contribution in [2.45, 2.75) is 25.4 Å². The number of amides is 2. The van der Waals surface area contributed by atoms with Crippen LogP contribution in [0.2, 0.25) is 0 Å². The van der Waals surface area contributed by atoms with Gasteiger partial charge in [0.25, 0.3) is 5.91 Å². The van der Waals surface area contributed by atoms with Gasteiger partial charge in [0, 0.05) is 12.1 Å². The Morgan fingerprint density at radius 3 is 2.48 bits per heavy atom. The number of para-hydroxylation sites is 1. The lowest BCUT2D eigenvalue weighted by Crippen LogP contribution is -2.34. The van der Waals surface area contributed by atoms with Crippen LogP contribution in [0.1, 0.15) is 55.4 Å². The normalized spacial score (nSPS) is 14.5. The third-order valence-corrected chi connectivity index (χ3v) is 5.72. The van der Waals surface area contributed by atoms with Crippen LogP contribution in [0.15, 0.2) is 66.7 Å². The molecule has 3 N–H and O–H groups in total. The van der Waals surface area contributed by atoms with E-state index in [9.17, 15) is 20.0 Å². The Hall–Kier alpha value is -4.11. The first-order chi connectivity index (χ1) is 15.0. The molecular formula is C25H21N3O3. The molecule has 6 nitrogen and oxygen atoms in total. The van der Waals surface area contributed by atoms with Crippen molar-refractivity contribution in [2.75, 3.05) is 0 Å². The molecule has 3 aromatic rings. The minimum Gasteiger partial charge on any atom is -0.507 e. The Kier molecular flexibility index (Phi) is 5.42. The summed E-state index contributed by atoms with van der Waals surface area (Å²) in [5, 5.41) is 19.6. The maximum absolute atomic E-state index is 13.6. The molecule has 1 aliphatic rings. The third-order valence-electron chi connectivity index (χ3n) is 5.72. The van der Waals surface area contributed by atoms with Gasteiger partial charge in [-0.15, -0.1) is 0 Å². The van der Waals surface area contributed by atoms with Crippen LogP contribution in [0.25, 0.3) is 0 Å². The fourth-order valence-corrected chi connectivity index (χ4v) is 4.19. The molecule has 0 aliphatic heterocycles. The Bertz CT molecular complexity index is 1210. The van der Waals surface area contributed by atoms with Gasteiger partial charge in [-0.25, -0.2) is 0 Å². The summed E-state index contributed by atoms with van der Waals surface area (Å²) in [5.41, 5.74) is 9.24. The second-order valence-corrected chi connectivity index (χ2v) is 7.55. The number of nitrogens with two attached hydrogens (primary N) is 1. The molecule has 0 radical (unpaired) electrons. The molecule has 1 aliphatic carbocycles. The molecule has 0 fully saturated rings. The predicted molar refractivity (Wildman–Crippen MR) is 115 cm³/mol. The van der Waals surface area contributed by atoms with Gasteiger partial charge in [0.15, 0.2) is 0 Å². The quantitative estimate of drug-likeness (QED) is 0.667. The summed E-state index contributed by atoms with van der Waals surface area (Å²) in [7, 11) is 0. The van der Waals surface area contributed by atoms with E-state index in [-0.39, 0.29) is 29.8 Å². The van der Waals surface area contributed by atoms with E-state index >= 15 is 0 Å². The first-order valence-electron chi connectivity index (χ1n) is 9.99. The smallest absolute Gasteiger partial charge is 0.258 e. The number of carbonyl (C=O) groups excluding carboxylic acids is 2. The van der Waals surface area contributed by atoms with E-state index in [0.717, 1.165) is 17.5 Å². The second-order valence-electron chi connectivity index (χ2n) is 7.55. The van der Waals surface area contributed by atoms with Crippen LogP contribution in [-0.2, 0) is 13.0 Å². The predicted octanol–water partition coefficient (Wildman–Crippen LogP) is 3.69. The SMILES string of the molecule is N#Cc1ccc2c(c1)[C@H](N(Cc1ccccc1C(N)=O)C(=O)c1ccccc1O)CC2. The van der Waals surface area contributed by atoms with E-state index in [1.54, 1.807) is 53.4 Å². The topological polar surface area (TPSA) is 107 Å². The van der Waals surface area contributed by atoms with Crippen LogP contribution in [-0.4, -0.2) is 21.8 Å². The first-order valence-corrected chi connectivity index (χ1v) is 9.99. The maximum Gasteiger partial charge on any atom is 0.258 e. The molecule has 3 aromatic carbocycles. The summed E-state index contributed by atoms with van der Waals surface area (Å²) in [6, 6.07) is 20.7. The van der Waals surface area contributed by atoms with Gasteiger partial charge in [-0.05, 0) is 59.9 Å². The Labute approximate surface area is 180 Å². The van der Waals surface area contributed by atoms with Gasteiger partial charge in [-0.1, -0.05) is 36.4 Å². The number of fused-ring (bicyclic) bond motifs is 1. The van der Waals surface area contributed by atoms with E-state index in [1.807, 2.05) is 12.1 Å². The fourth-order valence-electron chi connectivity index (χ4n) is 4.19. The van der Waals surface area contributed by atoms with Crippen molar-refractivity contribution >= 4 is 11.8 Å². The van der Waals surface area contributed by atoms with Gasteiger partial charge in [0.1, 0.15) is 5.75 Å². The third kappa shape index (κ3) is 3.86. The molecule has 0 heterocycles. The summed E-state index contributed by atoms with van der Waals surface area (Å²) < 4.78 is 0. The fraction of sp³-hybridized carbons (Fsp3) is 0.160. The highest BCUT2D eigenvalue weighted by Crippen LogP contribution is 2.38. The Morgan fingerprint density at radius 2 is 1.77 bits per heavy atom. The molecule has 0 bridgehead atoms. The number of aromatic hydroxyl groups is 1. The standard InChI is InChI=1S/C25H21N3O3/c26-14-16-9-10-17-11-12-22(21(17)13-16)28(25(31)20-7-3-4-8-23(20)29)15-18-5-1-2-6-19(18)24(27)30/h1-10,13,22,29H,11-12,15H2,(H2,27,30)/t22-/m1/s1. The lowest BCUT2D eigenvalue weighted by atomic mass is 10.0. The van der Waals surface area contributed by atoms with Crippen LogP contribution in [0.3, 0.4) is 0 Å². The van der Waals surface area contributed by atoms with Crippen molar-refractivity contribution in [1.82, 2.24) is 4.90 Å². The van der Waals surface area contributed by atoms with Crippen molar-refractivity contribution in [3.63, 3.8) is 0 Å². The van der Waals surface area contributed by atoms with Crippen LogP contribution >= 0.6 is 0 Å². The van der Waals surface area contributed by atoms with Crippen molar-refractivity contribution in [3.8, 4) is 11.8 Å². The molecule has 0 saturated heterocycles. The average Bonchev–Trinajstić information content (AvgIpc) is 3.20. The number of nitriles is 1. The largest absolute Gasteiger partial charge is 0.507 e. The van der Waals surface area contributed by atoms with Crippen LogP contribution in [0.4, 0.5) is 0 Å². The Balaban J connectivity index is 1.80. The number of hydrogen-bond donors (Lipinski definition) is 2. The van der Waals surface area contributed by atoms with Gasteiger partial charge >= 0.3 is 0 Å². The van der Waals surface area contributed by atoms with E-state index < -0.39 is 5.91 Å². The highest BCUT2D eigenvalue weighted by Gasteiger charge is 2.33. The van der Waals surface area contributed by atoms with Crippen LogP contribution in [0.5, 0.6) is 5.75 Å². The molecule has 4 rings (SSSR count). The highest BCUT2D eigenvalue weighted by atomic mass is 16.3. The number of phenolic OH excluding ortho intramolecular Hbond substituents is 1. The number of carbonyl (C=O) groups is 2. The van der Waals surface area contributed by atoms with E-state index in [2.05, 4.69) is 6.07 Å². The van der Waals surface area contributed by atoms with Gasteiger partial charge < -0.3 is 15.7 Å². The molecule has 1 atom stereocenters. The molecule has 0 aromatic heterocycles. The average molecular weight is 411 g/mol. The number of phenols is 1. The van der Waals surface area contributed by atoms with Gasteiger partial charge in [0.2, 0.25) is 5.91 Å². The van der Waals surface area contributed by atoms with Gasteiger partial charge in [-0.3, -0.25) is 9.59 Å². The Morgan fingerprint density at radius 1 is 1.06 bits per heavy atom. The summed E-state index contributed by atoms with van der Waals surface area (Å²) in [6.07, 6.45) is 1.45. The number of rotatable bonds is 5. The molecule has 154 valence electrons. The summed E-state index contributed by atoms with van der Waals surface area (Å²) in [5.74, 6) is -1.02. The first kappa shape index (κ1) is 20.2. The molecule has 31 heavy (non-hydrogen) atoms. The zero-order valence-corrected chi connectivity index (χ0v) is 16.8. The van der Waals surface area contributed by atoms with Crippen molar-refractivity contribution < 1.29 is 14.7 Å². The number of hydrogen-bond acceptors (Lipinski definition) is 4. The van der Waals surface area contributed by atoms with Crippen molar-refractivity contribution in [3.05, 3.63) is 100 Å². The van der Waals surface area contributed by atoms with Gasteiger partial charge in [-0.2, -0.15) is 5.26 Å². The number of benzene rings is 3. The molecule has 0 spiro atoms. The zero-order chi connectivity index (χ0) is 22.0. The summed E-state index contributed by atoms with van der Waals surface area (Å²) >= 11 is 0. The molecule has 0 saturated carbocycles. The lowest BCUT2D eigenvalue weighted by molar-refractivity contribution is 0.0653. The molecule has 0 unspecified atom stereocenters. The number of primary amides is 1. The zero-order valence-electron chi connectivity index (χ0n) is 16.8. The summed E-state index contributed by atoms with van der Waals surface area (Å²) in [4.78, 5) is 27.2. The number of aryl methyl sites for hydroxylation is 1. The maximum atomic E-state index is 13.6. The van der Waals surface area contributed by atoms with E-state index in [1.165, 1.54) is 6.07 Å². The van der Waals surface area contributed by atoms with Gasteiger partial charge in [0.05, 0.1) is 23.2 Å². The van der Waals surface area contributed by atoms with Crippen LogP contribution < -0.4 is 5.73 Å². The highest BCUT2D eigenvalue weighted by molar-refractivity contribution is 5.98. The van der Waals surface area contributed by atoms with E-state index in [0.29, 0.717) is 23.1 Å². The molecule has 2 amide bonds. The minimum absolute atomic E-state index is 0.107. The summed E-state index contributed by atoms with van der Waals surface area (Å²) in [6.45, 7) is 0.146. The minimum atomic E-state index is -0.566. The monoisotopic (exact) mass is 411 g/mol. The lowest BCUT2D eigenvalue weighted by Gasteiger charge is -2.31. The van der Waals surface area contributed by atoms with Crippen molar-refractivity contribution in [2.24, 2.45) is 5.73 Å². The number of nitrogens with zero attached hydrogens (tertiary/aromatic N) is 2.